The molecule has 13 aromatic rings. The molecule has 0 N–H and O–H groups in total. The molecular weight excluding hydrogens is 845 g/mol. The van der Waals surface area contributed by atoms with Crippen molar-refractivity contribution in [3.05, 3.63) is 289 Å². The molecule has 0 fully saturated rings. The highest BCUT2D eigenvalue weighted by Crippen LogP contribution is 2.57. The van der Waals surface area contributed by atoms with E-state index >= 15 is 0 Å². The van der Waals surface area contributed by atoms with Gasteiger partial charge < -0.3 is 0 Å². The molecule has 14 rings (SSSR count). The van der Waals surface area contributed by atoms with Crippen molar-refractivity contribution in [2.45, 2.75) is 5.41 Å². The average molecular weight is 889 g/mol. The van der Waals surface area contributed by atoms with Crippen LogP contribution in [0.15, 0.2) is 267 Å². The Hall–Kier alpha value is -9.11. The van der Waals surface area contributed by atoms with Crippen LogP contribution in [0.25, 0.3) is 105 Å². The highest BCUT2D eigenvalue weighted by atomic mass is 15.1. The first-order valence-electron chi connectivity index (χ1n) is 24.2. The largest absolute Gasteiger partial charge is 0.292 e. The van der Waals surface area contributed by atoms with Crippen molar-refractivity contribution in [1.82, 2.24) is 9.55 Å². The van der Waals surface area contributed by atoms with E-state index in [-0.39, 0.29) is 0 Å². The predicted octanol–water partition coefficient (Wildman–Crippen LogP) is 17.5. The van der Waals surface area contributed by atoms with E-state index in [1.807, 2.05) is 0 Å². The number of nitrogens with zero attached hydrogens (tertiary/aromatic N) is 2. The van der Waals surface area contributed by atoms with Crippen molar-refractivity contribution in [3.8, 4) is 61.6 Å². The molecule has 0 saturated heterocycles. The first kappa shape index (κ1) is 40.0. The van der Waals surface area contributed by atoms with Crippen molar-refractivity contribution < 1.29 is 0 Å². The third kappa shape index (κ3) is 6.38. The second kappa shape index (κ2) is 16.0. The van der Waals surface area contributed by atoms with E-state index in [0.717, 1.165) is 28.1 Å². The number of imidazole rings is 1. The minimum atomic E-state index is -0.526. The molecule has 2 nitrogen and oxygen atoms in total. The molecule has 0 saturated carbocycles. The van der Waals surface area contributed by atoms with Gasteiger partial charge in [0.1, 0.15) is 5.82 Å². The molecule has 0 amide bonds. The minimum Gasteiger partial charge on any atom is -0.292 e. The summed E-state index contributed by atoms with van der Waals surface area (Å²) >= 11 is 0. The van der Waals surface area contributed by atoms with Gasteiger partial charge in [-0.1, -0.05) is 200 Å². The summed E-state index contributed by atoms with van der Waals surface area (Å²) in [7, 11) is 0. The summed E-state index contributed by atoms with van der Waals surface area (Å²) in [6.45, 7) is 0. The highest BCUT2D eigenvalue weighted by Gasteiger charge is 2.46. The van der Waals surface area contributed by atoms with Crippen LogP contribution in [0.4, 0.5) is 0 Å². The lowest BCUT2D eigenvalue weighted by Crippen LogP contribution is -2.28. The average Bonchev–Trinajstić information content (AvgIpc) is 3.97. The predicted molar refractivity (Wildman–Crippen MR) is 293 cm³/mol. The van der Waals surface area contributed by atoms with E-state index in [9.17, 15) is 0 Å². The minimum absolute atomic E-state index is 0.526. The lowest BCUT2D eigenvalue weighted by atomic mass is 9.67. The Balaban J connectivity index is 0.830. The third-order valence-corrected chi connectivity index (χ3v) is 14.8. The summed E-state index contributed by atoms with van der Waals surface area (Å²) in [4.78, 5) is 5.12. The fourth-order valence-corrected chi connectivity index (χ4v) is 11.4. The van der Waals surface area contributed by atoms with Crippen LogP contribution >= 0.6 is 0 Å². The van der Waals surface area contributed by atoms with Gasteiger partial charge in [0.25, 0.3) is 0 Å². The summed E-state index contributed by atoms with van der Waals surface area (Å²) < 4.78 is 2.26. The van der Waals surface area contributed by atoms with Crippen LogP contribution in [-0.2, 0) is 5.41 Å². The van der Waals surface area contributed by atoms with Gasteiger partial charge in [-0.25, -0.2) is 4.98 Å². The molecule has 0 atom stereocenters. The van der Waals surface area contributed by atoms with E-state index in [1.165, 1.54) is 99.1 Å². The van der Waals surface area contributed by atoms with Gasteiger partial charge in [-0.2, -0.15) is 0 Å². The summed E-state index contributed by atoms with van der Waals surface area (Å²) in [6.07, 6.45) is 0. The molecule has 1 aliphatic carbocycles. The Morgan fingerprint density at radius 3 is 1.19 bits per heavy atom. The Morgan fingerprint density at radius 1 is 0.286 bits per heavy atom. The molecule has 0 bridgehead atoms. The van der Waals surface area contributed by atoms with Crippen molar-refractivity contribution in [2.75, 3.05) is 0 Å². The van der Waals surface area contributed by atoms with Crippen LogP contribution in [0.1, 0.15) is 22.3 Å². The smallest absolute Gasteiger partial charge is 0.145 e. The molecule has 70 heavy (non-hydrogen) atoms. The third-order valence-electron chi connectivity index (χ3n) is 14.8. The second-order valence-corrected chi connectivity index (χ2v) is 18.7. The zero-order valence-corrected chi connectivity index (χ0v) is 38.3. The van der Waals surface area contributed by atoms with Gasteiger partial charge >= 0.3 is 0 Å². The molecule has 0 unspecified atom stereocenters. The molecule has 1 aromatic heterocycles. The number of fused-ring (bicyclic) bond motifs is 7. The maximum Gasteiger partial charge on any atom is 0.145 e. The summed E-state index contributed by atoms with van der Waals surface area (Å²) in [5.41, 5.74) is 18.7. The SMILES string of the molecule is c1ccc(-n2c(-c3ccc4cc(-c5ccc6cc(-c7ccc8c(c7)C(c7ccccc7)(c7ccccc7)c7cc(-c9ccc%10ccccc%10c9)ccc7-8)ccc6c5)ccc4c3)nc3ccccc32)cc1. The van der Waals surface area contributed by atoms with Crippen molar-refractivity contribution in [1.29, 1.82) is 0 Å². The van der Waals surface area contributed by atoms with Crippen LogP contribution in [0.3, 0.4) is 0 Å². The normalized spacial score (nSPS) is 12.7. The molecule has 12 aromatic carbocycles. The number of hydrogen-bond acceptors (Lipinski definition) is 1. The first-order chi connectivity index (χ1) is 34.7. The van der Waals surface area contributed by atoms with Crippen LogP contribution in [0, 0.1) is 0 Å². The molecule has 1 heterocycles. The van der Waals surface area contributed by atoms with Crippen LogP contribution in [-0.4, -0.2) is 9.55 Å². The summed E-state index contributed by atoms with van der Waals surface area (Å²) in [5, 5.41) is 7.32. The standard InChI is InChI=1S/C68H44N2/c1-4-16-58(17-5-1)68(59-18-6-2-7-19-59)63-43-55(52-25-24-45-14-10-11-15-46(45)38-52)34-36-61(63)62-37-35-56(44-64(62)68)53-30-28-48-39-47(26-27-50(48)41-53)49-29-31-54-42-57(33-32-51(54)40-49)67-69-65-22-12-13-23-66(65)70(67)60-20-8-3-9-21-60/h1-44H. The molecule has 2 heteroatoms. The molecule has 0 spiro atoms. The zero-order valence-electron chi connectivity index (χ0n) is 38.3. The lowest BCUT2D eigenvalue weighted by molar-refractivity contribution is 0.769. The van der Waals surface area contributed by atoms with Gasteiger partial charge in [0.05, 0.1) is 16.4 Å². The van der Waals surface area contributed by atoms with Crippen LogP contribution < -0.4 is 0 Å². The number of benzene rings is 12. The maximum absolute atomic E-state index is 5.12. The van der Waals surface area contributed by atoms with Gasteiger partial charge in [-0.05, 0) is 166 Å². The lowest BCUT2D eigenvalue weighted by Gasteiger charge is -2.34. The second-order valence-electron chi connectivity index (χ2n) is 18.7. The molecular formula is C68H44N2. The Kier molecular flexibility index (Phi) is 9.15. The van der Waals surface area contributed by atoms with Crippen LogP contribution in [0.2, 0.25) is 0 Å². The van der Waals surface area contributed by atoms with E-state index in [2.05, 4.69) is 271 Å². The number of hydrogen-bond donors (Lipinski definition) is 0. The Labute approximate surface area is 407 Å². The molecule has 0 aliphatic heterocycles. The van der Waals surface area contributed by atoms with Gasteiger partial charge in [0, 0.05) is 11.3 Å². The van der Waals surface area contributed by atoms with Gasteiger partial charge in [0.15, 0.2) is 0 Å². The number of rotatable bonds is 7. The zero-order chi connectivity index (χ0) is 46.2. The monoisotopic (exact) mass is 888 g/mol. The summed E-state index contributed by atoms with van der Waals surface area (Å²) in [6, 6.07) is 98.2. The Morgan fingerprint density at radius 2 is 0.657 bits per heavy atom. The Bertz CT molecular complexity index is 4130. The van der Waals surface area contributed by atoms with Crippen molar-refractivity contribution >= 4 is 43.4 Å². The fraction of sp³-hybridized carbons (Fsp3) is 0.0147. The fourth-order valence-electron chi connectivity index (χ4n) is 11.4. The van der Waals surface area contributed by atoms with Gasteiger partial charge in [-0.15, -0.1) is 0 Å². The highest BCUT2D eigenvalue weighted by molar-refractivity contribution is 5.97. The topological polar surface area (TPSA) is 17.8 Å². The quantitative estimate of drug-likeness (QED) is 0.156. The first-order valence-corrected chi connectivity index (χ1v) is 24.2. The van der Waals surface area contributed by atoms with Crippen molar-refractivity contribution in [2.24, 2.45) is 0 Å². The molecule has 0 radical (unpaired) electrons. The maximum atomic E-state index is 5.12. The molecule has 326 valence electrons. The van der Waals surface area contributed by atoms with E-state index in [1.54, 1.807) is 0 Å². The van der Waals surface area contributed by atoms with Crippen molar-refractivity contribution in [3.63, 3.8) is 0 Å². The van der Waals surface area contributed by atoms with Gasteiger partial charge in [0.2, 0.25) is 0 Å². The van der Waals surface area contributed by atoms with E-state index in [0.29, 0.717) is 0 Å². The number of para-hydroxylation sites is 3. The molecule has 1 aliphatic rings. The number of aromatic nitrogens is 2. The van der Waals surface area contributed by atoms with E-state index in [4.69, 9.17) is 4.98 Å². The van der Waals surface area contributed by atoms with Crippen LogP contribution in [0.5, 0.6) is 0 Å². The summed E-state index contributed by atoms with van der Waals surface area (Å²) in [5.74, 6) is 0.940. The van der Waals surface area contributed by atoms with E-state index < -0.39 is 5.41 Å². The van der Waals surface area contributed by atoms with Gasteiger partial charge in [-0.3, -0.25) is 4.57 Å².